The van der Waals surface area contributed by atoms with E-state index >= 15 is 0 Å². The molecule has 0 amide bonds. The van der Waals surface area contributed by atoms with Gasteiger partial charge in [0, 0.05) is 44.4 Å². The van der Waals surface area contributed by atoms with Crippen LogP contribution in [0.3, 0.4) is 0 Å². The van der Waals surface area contributed by atoms with Crippen LogP contribution in [-0.2, 0) is 10.8 Å². The minimum atomic E-state index is -0.202. The molecule has 7 aromatic carbocycles. The average Bonchev–Trinajstić information content (AvgIpc) is 3.78. The first-order valence-electron chi connectivity index (χ1n) is 20.1. The molecule has 2 heteroatoms. The van der Waals surface area contributed by atoms with Crippen molar-refractivity contribution in [3.8, 4) is 27.9 Å². The maximum absolute atomic E-state index is 2.47. The van der Waals surface area contributed by atoms with Gasteiger partial charge in [-0.25, -0.2) is 0 Å². The quantitative estimate of drug-likeness (QED) is 0.172. The molecular weight excluding hydrogens is 677 g/mol. The smallest absolute Gasteiger partial charge is 0.0541 e. The first-order chi connectivity index (χ1) is 27.3. The molecule has 0 bridgehead atoms. The Labute approximate surface area is 329 Å². The van der Waals surface area contributed by atoms with Crippen molar-refractivity contribution >= 4 is 44.4 Å². The van der Waals surface area contributed by atoms with Crippen LogP contribution in [0.2, 0.25) is 0 Å². The van der Waals surface area contributed by atoms with Gasteiger partial charge in [0.15, 0.2) is 0 Å². The Kier molecular flexibility index (Phi) is 7.11. The Hall–Kier alpha value is -6.38. The summed E-state index contributed by atoms with van der Waals surface area (Å²) in [6, 6.07) is 58.8. The summed E-state index contributed by atoms with van der Waals surface area (Å²) >= 11 is 0. The SMILES string of the molecule is CC1(C)C2=CCCC=C2c2ccc(N(c3ccc(-c4ccccc4)cc3)c3ccc4c(c3)C(C)(C)c3cc(-n5c6ccccc6c6ccccc65)ccc3-4)cc21. The molecule has 0 aliphatic heterocycles. The fourth-order valence-electron chi connectivity index (χ4n) is 10.2. The van der Waals surface area contributed by atoms with Gasteiger partial charge >= 0.3 is 0 Å². The van der Waals surface area contributed by atoms with Crippen LogP contribution in [0.1, 0.15) is 62.8 Å². The van der Waals surface area contributed by atoms with E-state index in [4.69, 9.17) is 0 Å². The molecule has 0 N–H and O–H groups in total. The number of para-hydroxylation sites is 2. The van der Waals surface area contributed by atoms with Crippen LogP contribution in [0, 0.1) is 0 Å². The third-order valence-electron chi connectivity index (χ3n) is 13.0. The molecule has 0 fully saturated rings. The highest BCUT2D eigenvalue weighted by Gasteiger charge is 2.40. The van der Waals surface area contributed by atoms with E-state index in [9.17, 15) is 0 Å². The molecule has 270 valence electrons. The lowest BCUT2D eigenvalue weighted by molar-refractivity contribution is 0.654. The van der Waals surface area contributed by atoms with Crippen molar-refractivity contribution in [1.29, 1.82) is 0 Å². The number of benzene rings is 7. The van der Waals surface area contributed by atoms with Gasteiger partial charge in [0.2, 0.25) is 0 Å². The molecule has 0 saturated carbocycles. The molecule has 8 aromatic rings. The number of anilines is 3. The van der Waals surface area contributed by atoms with Crippen LogP contribution >= 0.6 is 0 Å². The Bertz CT molecular complexity index is 2900. The predicted octanol–water partition coefficient (Wildman–Crippen LogP) is 14.6. The highest BCUT2D eigenvalue weighted by atomic mass is 15.1. The second-order valence-corrected chi connectivity index (χ2v) is 16.9. The van der Waals surface area contributed by atoms with Crippen LogP contribution in [0.15, 0.2) is 175 Å². The molecule has 1 heterocycles. The van der Waals surface area contributed by atoms with Gasteiger partial charge in [0.1, 0.15) is 0 Å². The van der Waals surface area contributed by atoms with E-state index in [-0.39, 0.29) is 10.8 Å². The standard InChI is InChI=1S/C54H44N2/c1-53(2)47-19-11-8-16-41(47)42-29-26-38(32-48(42)53)55(37-24-22-36(23-25-37)35-14-6-5-7-15-35)39-27-30-43-44-31-28-40(34-50(44)54(3,4)49(43)33-39)56-51-20-12-9-17-45(51)46-18-10-13-21-52(46)56/h5-7,9-10,12-34H,8,11H2,1-4H3. The Morgan fingerprint density at radius 3 is 1.64 bits per heavy atom. The molecule has 3 aliphatic carbocycles. The molecule has 0 saturated heterocycles. The van der Waals surface area contributed by atoms with Crippen LogP contribution < -0.4 is 4.90 Å². The molecule has 0 spiro atoms. The summed E-state index contributed by atoms with van der Waals surface area (Å²) in [7, 11) is 0. The Morgan fingerprint density at radius 1 is 0.446 bits per heavy atom. The fourth-order valence-corrected chi connectivity index (χ4v) is 10.2. The van der Waals surface area contributed by atoms with Gasteiger partial charge in [-0.05, 0) is 129 Å². The second kappa shape index (κ2) is 12.1. The number of nitrogens with zero attached hydrogens (tertiary/aromatic N) is 2. The third-order valence-corrected chi connectivity index (χ3v) is 13.0. The molecule has 56 heavy (non-hydrogen) atoms. The lowest BCUT2D eigenvalue weighted by Gasteiger charge is -2.30. The van der Waals surface area contributed by atoms with E-state index in [0.29, 0.717) is 0 Å². The summed E-state index contributed by atoms with van der Waals surface area (Å²) in [6.07, 6.45) is 7.16. The topological polar surface area (TPSA) is 8.17 Å². The van der Waals surface area contributed by atoms with E-state index in [1.807, 2.05) is 0 Å². The maximum atomic E-state index is 2.47. The zero-order valence-electron chi connectivity index (χ0n) is 32.5. The second-order valence-electron chi connectivity index (χ2n) is 16.9. The Morgan fingerprint density at radius 2 is 0.964 bits per heavy atom. The van der Waals surface area contributed by atoms with E-state index in [0.717, 1.165) is 18.5 Å². The maximum Gasteiger partial charge on any atom is 0.0541 e. The van der Waals surface area contributed by atoms with Gasteiger partial charge in [0.05, 0.1) is 11.0 Å². The summed E-state index contributed by atoms with van der Waals surface area (Å²) in [5.74, 6) is 0. The van der Waals surface area contributed by atoms with Crippen LogP contribution in [-0.4, -0.2) is 4.57 Å². The highest BCUT2D eigenvalue weighted by Crippen LogP contribution is 2.54. The fraction of sp³-hybridized carbons (Fsp3) is 0.148. The number of allylic oxidation sites excluding steroid dienone is 4. The molecule has 1 aromatic heterocycles. The molecular formula is C54H44N2. The van der Waals surface area contributed by atoms with Gasteiger partial charge in [-0.1, -0.05) is 137 Å². The average molecular weight is 721 g/mol. The highest BCUT2D eigenvalue weighted by molar-refractivity contribution is 6.09. The largest absolute Gasteiger partial charge is 0.310 e. The summed E-state index contributed by atoms with van der Waals surface area (Å²) in [5.41, 5.74) is 20.5. The molecule has 2 nitrogen and oxygen atoms in total. The van der Waals surface area contributed by atoms with E-state index < -0.39 is 0 Å². The van der Waals surface area contributed by atoms with Crippen LogP contribution in [0.5, 0.6) is 0 Å². The first-order valence-corrected chi connectivity index (χ1v) is 20.1. The molecule has 0 radical (unpaired) electrons. The van der Waals surface area contributed by atoms with Crippen molar-refractivity contribution in [3.63, 3.8) is 0 Å². The lowest BCUT2D eigenvalue weighted by atomic mass is 9.80. The van der Waals surface area contributed by atoms with Gasteiger partial charge < -0.3 is 9.47 Å². The van der Waals surface area contributed by atoms with Crippen molar-refractivity contribution in [3.05, 3.63) is 198 Å². The van der Waals surface area contributed by atoms with Crippen LogP contribution in [0.25, 0.3) is 55.3 Å². The minimum absolute atomic E-state index is 0.0456. The molecule has 3 aliphatic rings. The minimum Gasteiger partial charge on any atom is -0.310 e. The van der Waals surface area contributed by atoms with E-state index in [2.05, 4.69) is 207 Å². The van der Waals surface area contributed by atoms with Gasteiger partial charge in [0.25, 0.3) is 0 Å². The lowest BCUT2D eigenvalue weighted by Crippen LogP contribution is -2.18. The number of hydrogen-bond acceptors (Lipinski definition) is 1. The summed E-state index contributed by atoms with van der Waals surface area (Å²) in [4.78, 5) is 2.47. The number of rotatable bonds is 5. The zero-order valence-corrected chi connectivity index (χ0v) is 32.5. The van der Waals surface area contributed by atoms with Crippen molar-refractivity contribution in [2.75, 3.05) is 4.90 Å². The number of aromatic nitrogens is 1. The molecule has 0 atom stereocenters. The van der Waals surface area contributed by atoms with Crippen molar-refractivity contribution in [1.82, 2.24) is 4.57 Å². The van der Waals surface area contributed by atoms with Crippen molar-refractivity contribution < 1.29 is 0 Å². The van der Waals surface area contributed by atoms with Gasteiger partial charge in [-0.15, -0.1) is 0 Å². The first kappa shape index (κ1) is 33.0. The number of fused-ring (bicyclic) bond motifs is 9. The normalized spacial score (nSPS) is 15.9. The predicted molar refractivity (Wildman–Crippen MR) is 237 cm³/mol. The third kappa shape index (κ3) is 4.75. The summed E-state index contributed by atoms with van der Waals surface area (Å²) in [6.45, 7) is 9.60. The van der Waals surface area contributed by atoms with E-state index in [1.165, 1.54) is 94.5 Å². The van der Waals surface area contributed by atoms with Gasteiger partial charge in [-0.3, -0.25) is 0 Å². The summed E-state index contributed by atoms with van der Waals surface area (Å²) < 4.78 is 2.44. The zero-order chi connectivity index (χ0) is 37.8. The Balaban J connectivity index is 1.05. The summed E-state index contributed by atoms with van der Waals surface area (Å²) in [5, 5.41) is 2.57. The van der Waals surface area contributed by atoms with Crippen molar-refractivity contribution in [2.24, 2.45) is 0 Å². The molecule has 0 unspecified atom stereocenters. The van der Waals surface area contributed by atoms with Crippen molar-refractivity contribution in [2.45, 2.75) is 51.4 Å². The van der Waals surface area contributed by atoms with E-state index in [1.54, 1.807) is 0 Å². The molecule has 11 rings (SSSR count). The van der Waals surface area contributed by atoms with Gasteiger partial charge in [-0.2, -0.15) is 0 Å². The monoisotopic (exact) mass is 720 g/mol. The number of hydrogen-bond donors (Lipinski definition) is 0. The van der Waals surface area contributed by atoms with Crippen LogP contribution in [0.4, 0.5) is 17.1 Å².